The zero-order valence-corrected chi connectivity index (χ0v) is 11.1. The Labute approximate surface area is 117 Å². The SMILES string of the molecule is O=C(NCCC(=O)N1CCCC1)c1c(O)cccc1O. The number of phenols is 2. The lowest BCUT2D eigenvalue weighted by Gasteiger charge is -2.15. The highest BCUT2D eigenvalue weighted by molar-refractivity contribution is 5.99. The summed E-state index contributed by atoms with van der Waals surface area (Å²) < 4.78 is 0. The molecule has 2 rings (SSSR count). The molecule has 1 aromatic rings. The average molecular weight is 278 g/mol. The van der Waals surface area contributed by atoms with Crippen LogP contribution in [0.25, 0.3) is 0 Å². The highest BCUT2D eigenvalue weighted by Crippen LogP contribution is 2.25. The Balaban J connectivity index is 1.84. The van der Waals surface area contributed by atoms with E-state index in [0.29, 0.717) is 0 Å². The molecular formula is C14H18N2O4. The minimum Gasteiger partial charge on any atom is -0.507 e. The van der Waals surface area contributed by atoms with Gasteiger partial charge in [0.1, 0.15) is 17.1 Å². The van der Waals surface area contributed by atoms with E-state index in [0.717, 1.165) is 25.9 Å². The molecule has 0 saturated carbocycles. The van der Waals surface area contributed by atoms with E-state index in [1.807, 2.05) is 0 Å². The van der Waals surface area contributed by atoms with E-state index < -0.39 is 5.91 Å². The van der Waals surface area contributed by atoms with Gasteiger partial charge >= 0.3 is 0 Å². The normalized spacial score (nSPS) is 14.3. The molecule has 3 N–H and O–H groups in total. The van der Waals surface area contributed by atoms with Crippen molar-refractivity contribution in [3.63, 3.8) is 0 Å². The zero-order chi connectivity index (χ0) is 14.5. The van der Waals surface area contributed by atoms with Gasteiger partial charge in [0.2, 0.25) is 5.91 Å². The number of nitrogens with zero attached hydrogens (tertiary/aromatic N) is 1. The number of hydrogen-bond donors (Lipinski definition) is 3. The second kappa shape index (κ2) is 6.27. The summed E-state index contributed by atoms with van der Waals surface area (Å²) in [6.45, 7) is 1.75. The Kier molecular flexibility index (Phi) is 4.45. The van der Waals surface area contributed by atoms with Crippen LogP contribution in [0.4, 0.5) is 0 Å². The number of phenolic OH excluding ortho intramolecular Hbond substituents is 2. The first-order valence-corrected chi connectivity index (χ1v) is 6.66. The maximum Gasteiger partial charge on any atom is 0.258 e. The van der Waals surface area contributed by atoms with Crippen LogP contribution in [-0.4, -0.2) is 46.6 Å². The number of likely N-dealkylation sites (tertiary alicyclic amines) is 1. The molecule has 0 spiro atoms. The fourth-order valence-corrected chi connectivity index (χ4v) is 2.26. The maximum atomic E-state index is 11.8. The highest BCUT2D eigenvalue weighted by Gasteiger charge is 2.19. The molecule has 6 nitrogen and oxygen atoms in total. The average Bonchev–Trinajstić information content (AvgIpc) is 2.92. The third kappa shape index (κ3) is 3.20. The molecule has 0 radical (unpaired) electrons. The van der Waals surface area contributed by atoms with Crippen molar-refractivity contribution < 1.29 is 19.8 Å². The molecule has 1 aliphatic heterocycles. The van der Waals surface area contributed by atoms with Crippen LogP contribution in [0.3, 0.4) is 0 Å². The van der Waals surface area contributed by atoms with Gasteiger partial charge in [-0.2, -0.15) is 0 Å². The van der Waals surface area contributed by atoms with E-state index >= 15 is 0 Å². The second-order valence-electron chi connectivity index (χ2n) is 4.77. The quantitative estimate of drug-likeness (QED) is 0.761. The molecule has 0 bridgehead atoms. The monoisotopic (exact) mass is 278 g/mol. The van der Waals surface area contributed by atoms with Crippen molar-refractivity contribution in [3.05, 3.63) is 23.8 Å². The molecule has 0 aliphatic carbocycles. The van der Waals surface area contributed by atoms with Crippen molar-refractivity contribution in [1.29, 1.82) is 0 Å². The van der Waals surface area contributed by atoms with E-state index in [-0.39, 0.29) is 35.9 Å². The Hall–Kier alpha value is -2.24. The van der Waals surface area contributed by atoms with Crippen LogP contribution in [0.15, 0.2) is 18.2 Å². The van der Waals surface area contributed by atoms with Gasteiger partial charge in [0.25, 0.3) is 5.91 Å². The molecule has 1 aromatic carbocycles. The lowest BCUT2D eigenvalue weighted by molar-refractivity contribution is -0.129. The van der Waals surface area contributed by atoms with Gasteiger partial charge in [0, 0.05) is 26.1 Å². The van der Waals surface area contributed by atoms with Crippen LogP contribution in [0.2, 0.25) is 0 Å². The fourth-order valence-electron chi connectivity index (χ4n) is 2.26. The van der Waals surface area contributed by atoms with Gasteiger partial charge in [-0.25, -0.2) is 0 Å². The molecule has 0 unspecified atom stereocenters. The molecule has 1 aliphatic rings. The molecule has 20 heavy (non-hydrogen) atoms. The zero-order valence-electron chi connectivity index (χ0n) is 11.1. The minimum absolute atomic E-state index is 0.0179. The van der Waals surface area contributed by atoms with Gasteiger partial charge in [-0.1, -0.05) is 6.07 Å². The fraction of sp³-hybridized carbons (Fsp3) is 0.429. The van der Waals surface area contributed by atoms with Gasteiger partial charge in [-0.15, -0.1) is 0 Å². The van der Waals surface area contributed by atoms with Gasteiger partial charge in [-0.05, 0) is 25.0 Å². The van der Waals surface area contributed by atoms with E-state index in [1.54, 1.807) is 4.90 Å². The number of amides is 2. The molecule has 0 atom stereocenters. The van der Waals surface area contributed by atoms with Gasteiger partial charge in [-0.3, -0.25) is 9.59 Å². The summed E-state index contributed by atoms with van der Waals surface area (Å²) in [6.07, 6.45) is 2.29. The summed E-state index contributed by atoms with van der Waals surface area (Å²) in [5.74, 6) is -1.14. The summed E-state index contributed by atoms with van der Waals surface area (Å²) in [5.41, 5.74) is -0.166. The first kappa shape index (κ1) is 14.2. The van der Waals surface area contributed by atoms with Crippen molar-refractivity contribution in [2.45, 2.75) is 19.3 Å². The summed E-state index contributed by atoms with van der Waals surface area (Å²) in [7, 11) is 0. The number of benzene rings is 1. The molecule has 1 fully saturated rings. The van der Waals surface area contributed by atoms with Crippen LogP contribution in [0, 0.1) is 0 Å². The number of rotatable bonds is 4. The maximum absolute atomic E-state index is 11.8. The lowest BCUT2D eigenvalue weighted by atomic mass is 10.1. The largest absolute Gasteiger partial charge is 0.507 e. The third-order valence-corrected chi connectivity index (χ3v) is 3.33. The second-order valence-corrected chi connectivity index (χ2v) is 4.77. The molecule has 2 amide bonds. The Morgan fingerprint density at radius 2 is 1.75 bits per heavy atom. The van der Waals surface area contributed by atoms with Gasteiger partial charge in [0.05, 0.1) is 0 Å². The first-order valence-electron chi connectivity index (χ1n) is 6.66. The molecular weight excluding hydrogens is 260 g/mol. The molecule has 0 aromatic heterocycles. The van der Waals surface area contributed by atoms with Crippen molar-refractivity contribution in [2.75, 3.05) is 19.6 Å². The third-order valence-electron chi connectivity index (χ3n) is 3.33. The minimum atomic E-state index is -0.588. The number of nitrogens with one attached hydrogen (secondary N) is 1. The predicted octanol–water partition coefficient (Wildman–Crippen LogP) is 0.840. The van der Waals surface area contributed by atoms with E-state index in [4.69, 9.17) is 0 Å². The summed E-state index contributed by atoms with van der Waals surface area (Å²) in [5, 5.41) is 21.6. The Morgan fingerprint density at radius 3 is 2.35 bits per heavy atom. The predicted molar refractivity (Wildman–Crippen MR) is 72.5 cm³/mol. The summed E-state index contributed by atoms with van der Waals surface area (Å²) in [6, 6.07) is 4.09. The van der Waals surface area contributed by atoms with Crippen LogP contribution in [-0.2, 0) is 4.79 Å². The topological polar surface area (TPSA) is 89.9 Å². The smallest absolute Gasteiger partial charge is 0.258 e. The Morgan fingerprint density at radius 1 is 1.15 bits per heavy atom. The van der Waals surface area contributed by atoms with Crippen LogP contribution in [0.1, 0.15) is 29.6 Å². The first-order chi connectivity index (χ1) is 9.59. The molecule has 1 saturated heterocycles. The summed E-state index contributed by atoms with van der Waals surface area (Å²) in [4.78, 5) is 25.4. The Bertz CT molecular complexity index is 490. The number of aromatic hydroxyl groups is 2. The van der Waals surface area contributed by atoms with Crippen LogP contribution >= 0.6 is 0 Å². The molecule has 1 heterocycles. The van der Waals surface area contributed by atoms with E-state index in [9.17, 15) is 19.8 Å². The van der Waals surface area contributed by atoms with Crippen molar-refractivity contribution in [1.82, 2.24) is 10.2 Å². The van der Waals surface area contributed by atoms with Crippen molar-refractivity contribution in [3.8, 4) is 11.5 Å². The summed E-state index contributed by atoms with van der Waals surface area (Å²) >= 11 is 0. The molecule has 6 heteroatoms. The van der Waals surface area contributed by atoms with Gasteiger partial charge < -0.3 is 20.4 Å². The number of carbonyl (C=O) groups is 2. The van der Waals surface area contributed by atoms with Gasteiger partial charge in [0.15, 0.2) is 0 Å². The van der Waals surface area contributed by atoms with Crippen LogP contribution in [0.5, 0.6) is 11.5 Å². The lowest BCUT2D eigenvalue weighted by Crippen LogP contribution is -2.32. The standard InChI is InChI=1S/C14H18N2O4/c17-10-4-3-5-11(18)13(10)14(20)15-7-6-12(19)16-8-1-2-9-16/h3-5,17-18H,1-2,6-9H2,(H,15,20). The van der Waals surface area contributed by atoms with E-state index in [2.05, 4.69) is 5.32 Å². The number of hydrogen-bond acceptors (Lipinski definition) is 4. The number of carbonyl (C=O) groups excluding carboxylic acids is 2. The highest BCUT2D eigenvalue weighted by atomic mass is 16.3. The van der Waals surface area contributed by atoms with Crippen LogP contribution < -0.4 is 5.32 Å². The van der Waals surface area contributed by atoms with Crippen molar-refractivity contribution in [2.24, 2.45) is 0 Å². The molecule has 108 valence electrons. The van der Waals surface area contributed by atoms with E-state index in [1.165, 1.54) is 18.2 Å². The van der Waals surface area contributed by atoms with Crippen molar-refractivity contribution >= 4 is 11.8 Å².